The van der Waals surface area contributed by atoms with E-state index in [1.54, 1.807) is 6.07 Å². The highest BCUT2D eigenvalue weighted by Crippen LogP contribution is 2.11. The molecule has 7 nitrogen and oxygen atoms in total. The summed E-state index contributed by atoms with van der Waals surface area (Å²) in [7, 11) is -3.84. The summed E-state index contributed by atoms with van der Waals surface area (Å²) in [4.78, 5) is 14.3. The normalized spacial score (nSPS) is 12.6. The number of hydrogen-bond acceptors (Lipinski definition) is 5. The fourth-order valence-electron chi connectivity index (χ4n) is 1.65. The highest BCUT2D eigenvalue weighted by atomic mass is 32.2. The van der Waals surface area contributed by atoms with Crippen molar-refractivity contribution in [1.82, 2.24) is 9.71 Å². The molecule has 1 aromatic heterocycles. The Labute approximate surface area is 117 Å². The van der Waals surface area contributed by atoms with Crippen LogP contribution < -0.4 is 4.72 Å². The molecule has 0 aliphatic heterocycles. The molecule has 0 aliphatic carbocycles. The molecular weight excluding hydrogens is 282 g/mol. The molecule has 1 atom stereocenters. The van der Waals surface area contributed by atoms with Crippen LogP contribution in [0, 0.1) is 11.3 Å². The van der Waals surface area contributed by atoms with E-state index in [1.165, 1.54) is 12.1 Å². The van der Waals surface area contributed by atoms with E-state index in [1.807, 2.05) is 6.92 Å². The largest absolute Gasteiger partial charge is 0.481 e. The van der Waals surface area contributed by atoms with Crippen molar-refractivity contribution in [1.29, 1.82) is 5.26 Å². The Kier molecular flexibility index (Phi) is 5.61. The van der Waals surface area contributed by atoms with Crippen LogP contribution in [0.2, 0.25) is 0 Å². The molecular formula is C12H15N3O4S. The van der Waals surface area contributed by atoms with Crippen molar-refractivity contribution < 1.29 is 18.3 Å². The maximum Gasteiger partial charge on any atom is 0.304 e. The van der Waals surface area contributed by atoms with Crippen LogP contribution in [0.1, 0.15) is 31.9 Å². The van der Waals surface area contributed by atoms with Crippen molar-refractivity contribution in [3.05, 3.63) is 24.0 Å². The SMILES string of the molecule is CCCC(CC(=O)O)NS(=O)(=O)c1ccc(C#N)nc1. The minimum Gasteiger partial charge on any atom is -0.481 e. The van der Waals surface area contributed by atoms with E-state index < -0.39 is 22.0 Å². The molecule has 1 unspecified atom stereocenters. The van der Waals surface area contributed by atoms with Crippen molar-refractivity contribution in [3.8, 4) is 6.07 Å². The summed E-state index contributed by atoms with van der Waals surface area (Å²) >= 11 is 0. The average molecular weight is 297 g/mol. The fraction of sp³-hybridized carbons (Fsp3) is 0.417. The minimum absolute atomic E-state index is 0.0945. The van der Waals surface area contributed by atoms with Crippen LogP contribution in [-0.2, 0) is 14.8 Å². The van der Waals surface area contributed by atoms with Crippen LogP contribution in [0.15, 0.2) is 23.2 Å². The zero-order valence-electron chi connectivity index (χ0n) is 10.9. The van der Waals surface area contributed by atoms with E-state index in [9.17, 15) is 13.2 Å². The molecule has 0 radical (unpaired) electrons. The lowest BCUT2D eigenvalue weighted by Crippen LogP contribution is -2.36. The van der Waals surface area contributed by atoms with Crippen molar-refractivity contribution >= 4 is 16.0 Å². The summed E-state index contributed by atoms with van der Waals surface area (Å²) < 4.78 is 26.5. The zero-order chi connectivity index (χ0) is 15.2. The standard InChI is InChI=1S/C12H15N3O4S/c1-2-3-9(6-12(16)17)15-20(18,19)11-5-4-10(7-13)14-8-11/h4-5,8-9,15H,2-3,6H2,1H3,(H,16,17). The number of nitriles is 1. The van der Waals surface area contributed by atoms with Gasteiger partial charge in [0.15, 0.2) is 0 Å². The summed E-state index contributed by atoms with van der Waals surface area (Å²) in [5.41, 5.74) is 0.111. The number of nitrogens with zero attached hydrogens (tertiary/aromatic N) is 2. The van der Waals surface area contributed by atoms with Gasteiger partial charge in [-0.1, -0.05) is 13.3 Å². The molecule has 0 saturated carbocycles. The van der Waals surface area contributed by atoms with E-state index in [0.29, 0.717) is 12.8 Å². The molecule has 20 heavy (non-hydrogen) atoms. The van der Waals surface area contributed by atoms with E-state index in [-0.39, 0.29) is 17.0 Å². The summed E-state index contributed by atoms with van der Waals surface area (Å²) in [5.74, 6) is -1.07. The highest BCUT2D eigenvalue weighted by molar-refractivity contribution is 7.89. The predicted octanol–water partition coefficient (Wildman–Crippen LogP) is 0.875. The van der Waals surface area contributed by atoms with Gasteiger partial charge >= 0.3 is 5.97 Å². The smallest absolute Gasteiger partial charge is 0.304 e. The molecule has 108 valence electrons. The molecule has 0 aliphatic rings. The van der Waals surface area contributed by atoms with Gasteiger partial charge in [-0.15, -0.1) is 0 Å². The first kappa shape index (κ1) is 16.1. The van der Waals surface area contributed by atoms with Gasteiger partial charge in [-0.25, -0.2) is 18.1 Å². The molecule has 0 spiro atoms. The summed E-state index contributed by atoms with van der Waals surface area (Å²) in [6, 6.07) is 3.67. The molecule has 1 aromatic rings. The van der Waals surface area contributed by atoms with Crippen LogP contribution in [0.3, 0.4) is 0 Å². The number of carboxylic acid groups (broad SMARTS) is 1. The molecule has 2 N–H and O–H groups in total. The third kappa shape index (κ3) is 4.60. The van der Waals surface area contributed by atoms with Gasteiger partial charge in [0, 0.05) is 12.2 Å². The maximum absolute atomic E-state index is 12.1. The molecule has 0 amide bonds. The van der Waals surface area contributed by atoms with E-state index in [2.05, 4.69) is 9.71 Å². The van der Waals surface area contributed by atoms with Crippen LogP contribution in [0.25, 0.3) is 0 Å². The van der Waals surface area contributed by atoms with Gasteiger partial charge < -0.3 is 5.11 Å². The maximum atomic E-state index is 12.1. The van der Waals surface area contributed by atoms with Gasteiger partial charge in [-0.05, 0) is 18.6 Å². The molecule has 8 heteroatoms. The third-order valence-electron chi connectivity index (χ3n) is 2.54. The highest BCUT2D eigenvalue weighted by Gasteiger charge is 2.21. The number of pyridine rings is 1. The van der Waals surface area contributed by atoms with Crippen molar-refractivity contribution in [2.75, 3.05) is 0 Å². The molecule has 0 bridgehead atoms. The Bertz CT molecular complexity index is 605. The van der Waals surface area contributed by atoms with Crippen LogP contribution in [0.4, 0.5) is 0 Å². The molecule has 0 saturated heterocycles. The molecule has 1 heterocycles. The lowest BCUT2D eigenvalue weighted by atomic mass is 10.1. The van der Waals surface area contributed by atoms with Gasteiger partial charge in [0.25, 0.3) is 0 Å². The third-order valence-corrected chi connectivity index (χ3v) is 4.05. The molecule has 1 rings (SSSR count). The predicted molar refractivity (Wildman–Crippen MR) is 70.2 cm³/mol. The Balaban J connectivity index is 2.90. The number of aliphatic carboxylic acids is 1. The first-order valence-electron chi connectivity index (χ1n) is 5.99. The number of hydrogen-bond donors (Lipinski definition) is 2. The summed E-state index contributed by atoms with van der Waals surface area (Å²) in [6.07, 6.45) is 1.88. The van der Waals surface area contributed by atoms with Crippen LogP contribution in [0.5, 0.6) is 0 Å². The second-order valence-electron chi connectivity index (χ2n) is 4.20. The Morgan fingerprint density at radius 3 is 2.70 bits per heavy atom. The van der Waals surface area contributed by atoms with Gasteiger partial charge in [0.2, 0.25) is 10.0 Å². The number of rotatable bonds is 7. The second-order valence-corrected chi connectivity index (χ2v) is 5.91. The van der Waals surface area contributed by atoms with Gasteiger partial charge in [0.1, 0.15) is 16.7 Å². The number of sulfonamides is 1. The first-order chi connectivity index (χ1) is 9.39. The van der Waals surface area contributed by atoms with E-state index >= 15 is 0 Å². The Morgan fingerprint density at radius 1 is 1.55 bits per heavy atom. The van der Waals surface area contributed by atoms with Gasteiger partial charge in [-0.2, -0.15) is 5.26 Å². The Hall–Kier alpha value is -1.98. The Morgan fingerprint density at radius 2 is 2.25 bits per heavy atom. The second kappa shape index (κ2) is 6.98. The lowest BCUT2D eigenvalue weighted by Gasteiger charge is -2.16. The number of aromatic nitrogens is 1. The van der Waals surface area contributed by atoms with E-state index in [0.717, 1.165) is 6.20 Å². The number of carbonyl (C=O) groups is 1. The van der Waals surface area contributed by atoms with Gasteiger partial charge in [0.05, 0.1) is 6.42 Å². The van der Waals surface area contributed by atoms with Crippen molar-refractivity contribution in [2.24, 2.45) is 0 Å². The average Bonchev–Trinajstić information content (AvgIpc) is 2.38. The summed E-state index contributed by atoms with van der Waals surface area (Å²) in [5, 5.41) is 17.4. The zero-order valence-corrected chi connectivity index (χ0v) is 11.7. The number of carboxylic acids is 1. The van der Waals surface area contributed by atoms with Crippen molar-refractivity contribution in [3.63, 3.8) is 0 Å². The quantitative estimate of drug-likeness (QED) is 0.770. The van der Waals surface area contributed by atoms with Gasteiger partial charge in [-0.3, -0.25) is 4.79 Å². The van der Waals surface area contributed by atoms with Crippen molar-refractivity contribution in [2.45, 2.75) is 37.1 Å². The monoisotopic (exact) mass is 297 g/mol. The minimum atomic E-state index is -3.84. The first-order valence-corrected chi connectivity index (χ1v) is 7.47. The molecule has 0 aromatic carbocycles. The van der Waals surface area contributed by atoms with E-state index in [4.69, 9.17) is 10.4 Å². The topological polar surface area (TPSA) is 120 Å². The fourth-order valence-corrected chi connectivity index (χ4v) is 2.87. The lowest BCUT2D eigenvalue weighted by molar-refractivity contribution is -0.137. The van der Waals surface area contributed by atoms with Crippen LogP contribution in [-0.4, -0.2) is 30.5 Å². The summed E-state index contributed by atoms with van der Waals surface area (Å²) in [6.45, 7) is 1.84. The molecule has 0 fully saturated rings. The van der Waals surface area contributed by atoms with Crippen LogP contribution >= 0.6 is 0 Å². The number of nitrogens with one attached hydrogen (secondary N) is 1.